The first kappa shape index (κ1) is 15.0. The highest BCUT2D eigenvalue weighted by Gasteiger charge is 2.11. The van der Waals surface area contributed by atoms with Gasteiger partial charge in [0.15, 0.2) is 0 Å². The van der Waals surface area contributed by atoms with E-state index in [0.717, 1.165) is 23.7 Å². The summed E-state index contributed by atoms with van der Waals surface area (Å²) in [6.45, 7) is 5.29. The van der Waals surface area contributed by atoms with Gasteiger partial charge in [0, 0.05) is 18.0 Å². The summed E-state index contributed by atoms with van der Waals surface area (Å²) < 4.78 is 0. The number of hydrogen-bond acceptors (Lipinski definition) is 4. The van der Waals surface area contributed by atoms with E-state index in [9.17, 15) is 0 Å². The minimum Gasteiger partial charge on any atom is -0.309 e. The predicted molar refractivity (Wildman–Crippen MR) is 85.0 cm³/mol. The minimum absolute atomic E-state index is 0.353. The summed E-state index contributed by atoms with van der Waals surface area (Å²) in [5.74, 6) is 0.969. The summed E-state index contributed by atoms with van der Waals surface area (Å²) in [6, 6.07) is 11.2. The summed E-state index contributed by atoms with van der Waals surface area (Å²) in [5, 5.41) is 4.56. The van der Waals surface area contributed by atoms with Gasteiger partial charge in [0.05, 0.1) is 5.03 Å². The van der Waals surface area contributed by atoms with Crippen LogP contribution in [0, 0.1) is 0 Å². The predicted octanol–water partition coefficient (Wildman–Crippen LogP) is 3.48. The number of nitrogens with zero attached hydrogens (tertiary/aromatic N) is 2. The molecule has 0 saturated carbocycles. The number of thioether (sulfide) groups is 1. The van der Waals surface area contributed by atoms with Crippen molar-refractivity contribution in [1.82, 2.24) is 15.3 Å². The van der Waals surface area contributed by atoms with Gasteiger partial charge in [0.1, 0.15) is 6.33 Å². The fourth-order valence-electron chi connectivity index (χ4n) is 2.04. The lowest BCUT2D eigenvalue weighted by atomic mass is 10.1. The van der Waals surface area contributed by atoms with Gasteiger partial charge in [-0.1, -0.05) is 38.1 Å². The first-order valence-corrected chi connectivity index (χ1v) is 8.03. The van der Waals surface area contributed by atoms with Crippen molar-refractivity contribution in [1.29, 1.82) is 0 Å². The van der Waals surface area contributed by atoms with E-state index >= 15 is 0 Å². The lowest BCUT2D eigenvalue weighted by Crippen LogP contribution is -2.23. The molecule has 106 valence electrons. The van der Waals surface area contributed by atoms with E-state index in [2.05, 4.69) is 53.4 Å². The van der Waals surface area contributed by atoms with Crippen molar-refractivity contribution in [2.75, 3.05) is 12.3 Å². The lowest BCUT2D eigenvalue weighted by Gasteiger charge is -2.18. The number of rotatable bonds is 7. The van der Waals surface area contributed by atoms with Crippen molar-refractivity contribution in [3.63, 3.8) is 0 Å². The molecule has 1 unspecified atom stereocenters. The van der Waals surface area contributed by atoms with Crippen LogP contribution in [0.2, 0.25) is 0 Å². The monoisotopic (exact) mass is 287 g/mol. The van der Waals surface area contributed by atoms with E-state index < -0.39 is 0 Å². The van der Waals surface area contributed by atoms with Crippen LogP contribution in [0.4, 0.5) is 0 Å². The Labute approximate surface area is 125 Å². The summed E-state index contributed by atoms with van der Waals surface area (Å²) in [7, 11) is 0. The molecule has 1 N–H and O–H groups in total. The third-order valence-electron chi connectivity index (χ3n) is 3.19. The Balaban J connectivity index is 2.02. The van der Waals surface area contributed by atoms with Crippen LogP contribution in [-0.4, -0.2) is 22.3 Å². The second kappa shape index (κ2) is 8.02. The number of benzene rings is 1. The molecule has 0 aliphatic carbocycles. The molecule has 2 aromatic rings. The molecule has 1 aromatic carbocycles. The van der Waals surface area contributed by atoms with E-state index in [1.165, 1.54) is 11.1 Å². The van der Waals surface area contributed by atoms with Crippen molar-refractivity contribution in [3.05, 3.63) is 54.0 Å². The first-order valence-electron chi connectivity index (χ1n) is 7.04. The molecule has 1 aromatic heterocycles. The maximum atomic E-state index is 4.26. The van der Waals surface area contributed by atoms with Gasteiger partial charge in [-0.3, -0.25) is 0 Å². The molecular weight excluding hydrogens is 266 g/mol. The Morgan fingerprint density at radius 2 is 1.95 bits per heavy atom. The second-order valence-corrected chi connectivity index (χ2v) is 5.60. The molecule has 20 heavy (non-hydrogen) atoms. The van der Waals surface area contributed by atoms with E-state index in [-0.39, 0.29) is 0 Å². The molecule has 0 fully saturated rings. The zero-order chi connectivity index (χ0) is 14.2. The molecule has 0 bridgehead atoms. The van der Waals surface area contributed by atoms with E-state index in [0.29, 0.717) is 6.04 Å². The van der Waals surface area contributed by atoms with Crippen LogP contribution in [0.15, 0.2) is 47.9 Å². The topological polar surface area (TPSA) is 37.8 Å². The van der Waals surface area contributed by atoms with Crippen LogP contribution in [0.5, 0.6) is 0 Å². The number of hydrogen-bond donors (Lipinski definition) is 1. The highest BCUT2D eigenvalue weighted by Crippen LogP contribution is 2.23. The highest BCUT2D eigenvalue weighted by atomic mass is 32.2. The van der Waals surface area contributed by atoms with Gasteiger partial charge in [-0.2, -0.15) is 0 Å². The SMILES string of the molecule is CCNC(CSc1ccncn1)c1ccc(CC)cc1. The van der Waals surface area contributed by atoms with Gasteiger partial charge in [0.25, 0.3) is 0 Å². The fraction of sp³-hybridized carbons (Fsp3) is 0.375. The number of nitrogens with one attached hydrogen (secondary N) is 1. The smallest absolute Gasteiger partial charge is 0.116 e. The first-order chi connectivity index (χ1) is 9.83. The Bertz CT molecular complexity index is 499. The standard InChI is InChI=1S/C16H21N3S/c1-3-13-5-7-14(8-6-13)15(18-4-2)11-20-16-9-10-17-12-19-16/h5-10,12,15,18H,3-4,11H2,1-2H3. The van der Waals surface area contributed by atoms with Crippen molar-refractivity contribution >= 4 is 11.8 Å². The Morgan fingerprint density at radius 1 is 1.15 bits per heavy atom. The van der Waals surface area contributed by atoms with Gasteiger partial charge in [-0.25, -0.2) is 9.97 Å². The van der Waals surface area contributed by atoms with E-state index in [4.69, 9.17) is 0 Å². The average molecular weight is 287 g/mol. The molecule has 0 spiro atoms. The second-order valence-electron chi connectivity index (χ2n) is 4.56. The maximum absolute atomic E-state index is 4.26. The van der Waals surface area contributed by atoms with Gasteiger partial charge in [-0.05, 0) is 30.2 Å². The summed E-state index contributed by atoms with van der Waals surface area (Å²) in [6.07, 6.45) is 4.47. The highest BCUT2D eigenvalue weighted by molar-refractivity contribution is 7.99. The minimum atomic E-state index is 0.353. The van der Waals surface area contributed by atoms with Crippen molar-refractivity contribution in [3.8, 4) is 0 Å². The largest absolute Gasteiger partial charge is 0.309 e. The van der Waals surface area contributed by atoms with Crippen LogP contribution in [0.25, 0.3) is 0 Å². The van der Waals surface area contributed by atoms with Gasteiger partial charge in [-0.15, -0.1) is 11.8 Å². The Morgan fingerprint density at radius 3 is 2.55 bits per heavy atom. The van der Waals surface area contributed by atoms with Crippen molar-refractivity contribution in [2.24, 2.45) is 0 Å². The summed E-state index contributed by atoms with van der Waals surface area (Å²) in [5.41, 5.74) is 2.72. The van der Waals surface area contributed by atoms with Crippen LogP contribution in [0.1, 0.15) is 31.0 Å². The van der Waals surface area contributed by atoms with Gasteiger partial charge < -0.3 is 5.32 Å². The molecule has 0 aliphatic heterocycles. The van der Waals surface area contributed by atoms with Crippen LogP contribution >= 0.6 is 11.8 Å². The zero-order valence-corrected chi connectivity index (χ0v) is 12.9. The molecular formula is C16H21N3S. The van der Waals surface area contributed by atoms with Crippen molar-refractivity contribution < 1.29 is 0 Å². The van der Waals surface area contributed by atoms with Crippen molar-refractivity contribution in [2.45, 2.75) is 31.3 Å². The van der Waals surface area contributed by atoms with Gasteiger partial charge in [0.2, 0.25) is 0 Å². The molecule has 3 nitrogen and oxygen atoms in total. The van der Waals surface area contributed by atoms with Crippen LogP contribution in [-0.2, 0) is 6.42 Å². The van der Waals surface area contributed by atoms with Gasteiger partial charge >= 0.3 is 0 Å². The third kappa shape index (κ3) is 4.32. The fourth-order valence-corrected chi connectivity index (χ4v) is 2.96. The molecule has 0 amide bonds. The molecule has 0 saturated heterocycles. The van der Waals surface area contributed by atoms with Crippen LogP contribution < -0.4 is 5.32 Å². The lowest BCUT2D eigenvalue weighted by molar-refractivity contribution is 0.605. The number of aryl methyl sites for hydroxylation is 1. The average Bonchev–Trinajstić information content (AvgIpc) is 2.52. The maximum Gasteiger partial charge on any atom is 0.116 e. The molecule has 1 heterocycles. The van der Waals surface area contributed by atoms with Crippen LogP contribution in [0.3, 0.4) is 0 Å². The molecule has 0 radical (unpaired) electrons. The Hall–Kier alpha value is -1.39. The molecule has 2 rings (SSSR count). The number of aromatic nitrogens is 2. The quantitative estimate of drug-likeness (QED) is 0.625. The third-order valence-corrected chi connectivity index (χ3v) is 4.23. The molecule has 1 atom stereocenters. The Kier molecular flexibility index (Phi) is 6.02. The summed E-state index contributed by atoms with van der Waals surface area (Å²) >= 11 is 1.76. The normalized spacial score (nSPS) is 12.3. The zero-order valence-electron chi connectivity index (χ0n) is 12.0. The van der Waals surface area contributed by atoms with E-state index in [1.54, 1.807) is 24.3 Å². The molecule has 4 heteroatoms. The molecule has 0 aliphatic rings. The summed E-state index contributed by atoms with van der Waals surface area (Å²) in [4.78, 5) is 8.20. The van der Waals surface area contributed by atoms with E-state index in [1.807, 2.05) is 6.07 Å².